The Labute approximate surface area is 203 Å². The van der Waals surface area contributed by atoms with Crippen molar-refractivity contribution in [2.45, 2.75) is 31.4 Å². The number of hydrogen-bond acceptors (Lipinski definition) is 4. The summed E-state index contributed by atoms with van der Waals surface area (Å²) in [7, 11) is 1.45. The summed E-state index contributed by atoms with van der Waals surface area (Å²) in [4.78, 5) is 18.0. The van der Waals surface area contributed by atoms with Crippen LogP contribution in [0.2, 0.25) is 0 Å². The van der Waals surface area contributed by atoms with Crippen molar-refractivity contribution in [1.82, 2.24) is 10.3 Å². The van der Waals surface area contributed by atoms with Gasteiger partial charge in [0, 0.05) is 31.5 Å². The van der Waals surface area contributed by atoms with Gasteiger partial charge in [-0.3, -0.25) is 9.78 Å². The molecule has 0 spiro atoms. The lowest BCUT2D eigenvalue weighted by Crippen LogP contribution is -2.40. The number of likely N-dealkylation sites (N-methyl/N-ethyl adjacent to an activating group) is 1. The Kier molecular flexibility index (Phi) is 8.44. The number of halogens is 6. The number of rotatable bonds is 9. The van der Waals surface area contributed by atoms with E-state index in [4.69, 9.17) is 0 Å². The normalized spacial score (nSPS) is 12.6. The maximum absolute atomic E-state index is 12.9. The van der Waals surface area contributed by atoms with Crippen molar-refractivity contribution in [1.29, 1.82) is 0 Å². The van der Waals surface area contributed by atoms with Crippen LogP contribution in [0.1, 0.15) is 29.3 Å². The Balaban J connectivity index is 1.90. The summed E-state index contributed by atoms with van der Waals surface area (Å²) in [5.74, 6) is -0.833. The molecule has 0 aliphatic carbocycles. The molecule has 1 heterocycles. The van der Waals surface area contributed by atoms with E-state index in [1.165, 1.54) is 25.2 Å². The van der Waals surface area contributed by atoms with Gasteiger partial charge in [-0.05, 0) is 42.2 Å². The molecule has 0 aliphatic rings. The van der Waals surface area contributed by atoms with Crippen molar-refractivity contribution >= 4 is 11.6 Å². The van der Waals surface area contributed by atoms with Crippen molar-refractivity contribution in [2.75, 3.05) is 18.5 Å². The summed E-state index contributed by atoms with van der Waals surface area (Å²) < 4.78 is 80.8. The molecular formula is C25H23F6N3O2. The average Bonchev–Trinajstić information content (AvgIpc) is 2.82. The number of benzene rings is 2. The average molecular weight is 511 g/mol. The molecule has 1 unspecified atom stereocenters. The summed E-state index contributed by atoms with van der Waals surface area (Å²) in [5.41, 5.74) is 0.460. The second-order valence-electron chi connectivity index (χ2n) is 7.82. The number of carbonyl (C=O) groups is 1. The highest BCUT2D eigenvalue weighted by atomic mass is 19.4. The molecule has 192 valence electrons. The van der Waals surface area contributed by atoms with Gasteiger partial charge in [-0.2, -0.15) is 13.2 Å². The third-order valence-electron chi connectivity index (χ3n) is 5.28. The van der Waals surface area contributed by atoms with Crippen molar-refractivity contribution in [2.24, 2.45) is 0 Å². The van der Waals surface area contributed by atoms with Crippen LogP contribution in [0.5, 0.6) is 5.75 Å². The van der Waals surface area contributed by atoms with Gasteiger partial charge >= 0.3 is 12.5 Å². The molecule has 3 aromatic rings. The fourth-order valence-electron chi connectivity index (χ4n) is 3.71. The number of ether oxygens (including phenoxy) is 1. The van der Waals surface area contributed by atoms with Gasteiger partial charge in [0.25, 0.3) is 0 Å². The van der Waals surface area contributed by atoms with Crippen molar-refractivity contribution in [3.8, 4) is 5.75 Å². The Bertz CT molecular complexity index is 1140. The van der Waals surface area contributed by atoms with Crippen LogP contribution in [0.15, 0.2) is 72.9 Å². The smallest absolute Gasteiger partial charge is 0.406 e. The summed E-state index contributed by atoms with van der Waals surface area (Å²) in [6, 6.07) is 15.3. The topological polar surface area (TPSA) is 54.5 Å². The number of carbonyl (C=O) groups excluding carboxylic acids is 1. The van der Waals surface area contributed by atoms with Gasteiger partial charge in [-0.15, -0.1) is 13.2 Å². The van der Waals surface area contributed by atoms with E-state index in [1.807, 2.05) is 0 Å². The van der Waals surface area contributed by atoms with E-state index in [-0.39, 0.29) is 12.5 Å². The maximum atomic E-state index is 12.9. The maximum Gasteiger partial charge on any atom is 0.573 e. The highest BCUT2D eigenvalue weighted by Crippen LogP contribution is 2.33. The number of anilines is 1. The van der Waals surface area contributed by atoms with E-state index in [1.54, 1.807) is 41.3 Å². The van der Waals surface area contributed by atoms with Crippen LogP contribution in [0.4, 0.5) is 32.0 Å². The van der Waals surface area contributed by atoms with Crippen LogP contribution < -0.4 is 15.0 Å². The number of nitrogens with zero attached hydrogens (tertiary/aromatic N) is 2. The minimum absolute atomic E-state index is 0.198. The summed E-state index contributed by atoms with van der Waals surface area (Å²) in [6.45, 7) is 0.198. The van der Waals surface area contributed by atoms with Gasteiger partial charge in [-0.25, -0.2) is 0 Å². The molecule has 11 heteroatoms. The van der Waals surface area contributed by atoms with Crippen LogP contribution in [-0.4, -0.2) is 30.8 Å². The van der Waals surface area contributed by atoms with Gasteiger partial charge in [0.2, 0.25) is 5.91 Å². The number of hydrogen-bond donors (Lipinski definition) is 1. The van der Waals surface area contributed by atoms with Crippen LogP contribution in [0.3, 0.4) is 0 Å². The minimum atomic E-state index is -4.89. The molecule has 1 amide bonds. The number of aryl methyl sites for hydroxylation is 1. The highest BCUT2D eigenvalue weighted by Gasteiger charge is 2.33. The summed E-state index contributed by atoms with van der Waals surface area (Å²) in [6.07, 6.45) is -7.60. The molecule has 3 rings (SSSR count). The van der Waals surface area contributed by atoms with E-state index in [0.717, 1.165) is 18.3 Å². The van der Waals surface area contributed by atoms with Gasteiger partial charge in [0.1, 0.15) is 17.5 Å². The monoisotopic (exact) mass is 511 g/mol. The largest absolute Gasteiger partial charge is 0.573 e. The molecule has 0 saturated carbocycles. The molecule has 36 heavy (non-hydrogen) atoms. The van der Waals surface area contributed by atoms with E-state index >= 15 is 0 Å². The molecule has 5 nitrogen and oxygen atoms in total. The first-order valence-electron chi connectivity index (χ1n) is 10.9. The molecule has 2 aromatic carbocycles. The Morgan fingerprint density at radius 1 is 1.00 bits per heavy atom. The van der Waals surface area contributed by atoms with E-state index in [2.05, 4.69) is 15.0 Å². The van der Waals surface area contributed by atoms with Crippen LogP contribution in [-0.2, 0) is 17.4 Å². The van der Waals surface area contributed by atoms with Crippen molar-refractivity contribution < 1.29 is 35.9 Å². The molecular weight excluding hydrogens is 488 g/mol. The number of aromatic nitrogens is 1. The SMILES string of the molecule is CNC(=O)C(c1ccccc1)N(CCCc1ccc(C(F)(F)F)nc1)c1cccc(OC(F)(F)F)c1. The highest BCUT2D eigenvalue weighted by molar-refractivity contribution is 5.86. The van der Waals surface area contributed by atoms with Gasteiger partial charge in [-0.1, -0.05) is 42.5 Å². The lowest BCUT2D eigenvalue weighted by molar-refractivity contribution is -0.274. The zero-order valence-corrected chi connectivity index (χ0v) is 19.1. The van der Waals surface area contributed by atoms with Crippen LogP contribution in [0.25, 0.3) is 0 Å². The van der Waals surface area contributed by atoms with Crippen LogP contribution in [0, 0.1) is 0 Å². The number of amides is 1. The first kappa shape index (κ1) is 26.8. The molecule has 1 N–H and O–H groups in total. The Hall–Kier alpha value is -3.76. The van der Waals surface area contributed by atoms with Crippen LogP contribution >= 0.6 is 0 Å². The van der Waals surface area contributed by atoms with Crippen molar-refractivity contribution in [3.63, 3.8) is 0 Å². The Morgan fingerprint density at radius 3 is 2.31 bits per heavy atom. The lowest BCUT2D eigenvalue weighted by Gasteiger charge is -2.33. The predicted molar refractivity (Wildman–Crippen MR) is 121 cm³/mol. The number of pyridine rings is 1. The molecule has 0 saturated heterocycles. The molecule has 0 bridgehead atoms. The number of nitrogens with one attached hydrogen (secondary N) is 1. The Morgan fingerprint density at radius 2 is 1.72 bits per heavy atom. The molecule has 1 atom stereocenters. The van der Waals surface area contributed by atoms with E-state index in [9.17, 15) is 31.1 Å². The standard InChI is InChI=1S/C25H23F6N3O2/c1-32-23(35)22(18-8-3-2-4-9-18)34(19-10-5-11-20(15-19)36-25(29,30)31)14-6-7-17-12-13-21(33-16-17)24(26,27)28/h2-5,8-13,15-16,22H,6-7,14H2,1H3,(H,32,35). The molecule has 0 fully saturated rings. The minimum Gasteiger partial charge on any atom is -0.406 e. The summed E-state index contributed by atoms with van der Waals surface area (Å²) >= 11 is 0. The lowest BCUT2D eigenvalue weighted by atomic mass is 10.0. The first-order valence-corrected chi connectivity index (χ1v) is 10.9. The summed E-state index contributed by atoms with van der Waals surface area (Å²) in [5, 5.41) is 2.59. The number of alkyl halides is 6. The quantitative estimate of drug-likeness (QED) is 0.362. The third-order valence-corrected chi connectivity index (χ3v) is 5.28. The first-order chi connectivity index (χ1) is 17.0. The third kappa shape index (κ3) is 7.37. The van der Waals surface area contributed by atoms with Gasteiger partial charge in [0.15, 0.2) is 0 Å². The van der Waals surface area contributed by atoms with Gasteiger partial charge < -0.3 is 15.0 Å². The molecule has 0 radical (unpaired) electrons. The molecule has 0 aliphatic heterocycles. The fraction of sp³-hybridized carbons (Fsp3) is 0.280. The molecule has 1 aromatic heterocycles. The predicted octanol–water partition coefficient (Wildman–Crippen LogP) is 5.93. The second-order valence-corrected chi connectivity index (χ2v) is 7.82. The van der Waals surface area contributed by atoms with Crippen molar-refractivity contribution in [3.05, 3.63) is 89.7 Å². The zero-order chi connectivity index (χ0) is 26.3. The van der Waals surface area contributed by atoms with E-state index < -0.39 is 30.0 Å². The van der Waals surface area contributed by atoms with Gasteiger partial charge in [0.05, 0.1) is 0 Å². The van der Waals surface area contributed by atoms with E-state index in [0.29, 0.717) is 29.7 Å². The second kappa shape index (κ2) is 11.3. The zero-order valence-electron chi connectivity index (χ0n) is 19.1. The fourth-order valence-corrected chi connectivity index (χ4v) is 3.71.